The van der Waals surface area contributed by atoms with Gasteiger partial charge in [-0.2, -0.15) is 5.10 Å². The number of thioether (sulfide) groups is 1. The van der Waals surface area contributed by atoms with Crippen molar-refractivity contribution in [1.29, 1.82) is 0 Å². The molecule has 26 heavy (non-hydrogen) atoms. The van der Waals surface area contributed by atoms with Gasteiger partial charge in [0.1, 0.15) is 5.76 Å². The first-order valence-corrected chi connectivity index (χ1v) is 9.19. The van der Waals surface area contributed by atoms with Crippen LogP contribution in [0.2, 0.25) is 0 Å². The van der Waals surface area contributed by atoms with Crippen molar-refractivity contribution in [3.8, 4) is 0 Å². The van der Waals surface area contributed by atoms with E-state index in [1.807, 2.05) is 31.2 Å². The van der Waals surface area contributed by atoms with Crippen LogP contribution >= 0.6 is 11.8 Å². The smallest absolute Gasteiger partial charge is 0.242 e. The Hall–Kier alpha value is -2.86. The summed E-state index contributed by atoms with van der Waals surface area (Å²) in [5.74, 6) is 0.673. The van der Waals surface area contributed by atoms with Crippen LogP contribution in [0.15, 0.2) is 75.5 Å². The lowest BCUT2D eigenvalue weighted by Crippen LogP contribution is -2.30. The zero-order valence-electron chi connectivity index (χ0n) is 14.2. The molecule has 5 nitrogen and oxygen atoms in total. The summed E-state index contributed by atoms with van der Waals surface area (Å²) in [5.41, 5.74) is 1.09. The molecule has 0 N–H and O–H groups in total. The molecule has 1 atom stereocenters. The summed E-state index contributed by atoms with van der Waals surface area (Å²) in [6.07, 6.45) is 3.12. The Labute approximate surface area is 155 Å². The van der Waals surface area contributed by atoms with Gasteiger partial charge in [-0.05, 0) is 35.4 Å². The number of amides is 1. The van der Waals surface area contributed by atoms with E-state index in [1.54, 1.807) is 23.3 Å². The molecule has 0 bridgehead atoms. The molecule has 1 aliphatic heterocycles. The highest BCUT2D eigenvalue weighted by Gasteiger charge is 2.35. The van der Waals surface area contributed by atoms with Gasteiger partial charge in [-0.3, -0.25) is 9.69 Å². The Bertz CT molecular complexity index is 990. The molecule has 2 aromatic carbocycles. The molecule has 1 amide bonds. The summed E-state index contributed by atoms with van der Waals surface area (Å²) in [7, 11) is 0. The molecule has 6 heteroatoms. The zero-order valence-corrected chi connectivity index (χ0v) is 15.0. The number of nitrogens with zero attached hydrogens (tertiary/aromatic N) is 3. The standard InChI is InChI=1S/C20H17N3O2S/c1-14-19(24)23(20(26-14)22-21-12-17-9-5-11-25-17)13-16-8-4-7-15-6-2-3-10-18(15)16/h2-12,14H,13H2,1H3/b21-12-,22-20-/t14-/m0/s1. The fourth-order valence-electron chi connectivity index (χ4n) is 2.91. The van der Waals surface area contributed by atoms with Crippen LogP contribution in [0.4, 0.5) is 0 Å². The van der Waals surface area contributed by atoms with Crippen LogP contribution in [-0.4, -0.2) is 27.4 Å². The van der Waals surface area contributed by atoms with E-state index < -0.39 is 0 Å². The molecule has 0 aliphatic carbocycles. The molecule has 0 saturated carbocycles. The van der Waals surface area contributed by atoms with Gasteiger partial charge in [0.05, 0.1) is 24.3 Å². The van der Waals surface area contributed by atoms with Crippen molar-refractivity contribution in [3.05, 3.63) is 72.2 Å². The Kier molecular flexibility index (Phi) is 4.58. The first-order chi connectivity index (χ1) is 12.7. The van der Waals surface area contributed by atoms with Crippen LogP contribution in [0.3, 0.4) is 0 Å². The zero-order chi connectivity index (χ0) is 17.9. The van der Waals surface area contributed by atoms with E-state index in [9.17, 15) is 4.79 Å². The monoisotopic (exact) mass is 363 g/mol. The van der Waals surface area contributed by atoms with Gasteiger partial charge in [-0.25, -0.2) is 0 Å². The minimum Gasteiger partial charge on any atom is -0.463 e. The summed E-state index contributed by atoms with van der Waals surface area (Å²) in [6.45, 7) is 2.37. The van der Waals surface area contributed by atoms with Crippen molar-refractivity contribution in [2.45, 2.75) is 18.7 Å². The van der Waals surface area contributed by atoms with Crippen LogP contribution in [0.25, 0.3) is 10.8 Å². The third-order valence-corrected chi connectivity index (χ3v) is 5.27. The van der Waals surface area contributed by atoms with E-state index >= 15 is 0 Å². The maximum absolute atomic E-state index is 12.6. The highest BCUT2D eigenvalue weighted by atomic mass is 32.2. The van der Waals surface area contributed by atoms with Crippen molar-refractivity contribution >= 4 is 39.8 Å². The van der Waals surface area contributed by atoms with Crippen molar-refractivity contribution in [3.63, 3.8) is 0 Å². The van der Waals surface area contributed by atoms with Crippen molar-refractivity contribution < 1.29 is 9.21 Å². The first-order valence-electron chi connectivity index (χ1n) is 8.31. The SMILES string of the molecule is C[C@@H]1S/C(=N\N=C/c2ccco2)N(Cc2cccc3ccccc23)C1=O. The Morgan fingerprint density at radius 3 is 2.85 bits per heavy atom. The summed E-state index contributed by atoms with van der Waals surface area (Å²) < 4.78 is 5.21. The predicted molar refractivity (Wildman–Crippen MR) is 105 cm³/mol. The molecule has 1 saturated heterocycles. The van der Waals surface area contributed by atoms with Gasteiger partial charge in [0.25, 0.3) is 0 Å². The summed E-state index contributed by atoms with van der Waals surface area (Å²) in [6, 6.07) is 17.9. The summed E-state index contributed by atoms with van der Waals surface area (Å²) in [5, 5.41) is 11.1. The van der Waals surface area contributed by atoms with Crippen LogP contribution in [0.1, 0.15) is 18.2 Å². The Morgan fingerprint density at radius 1 is 1.15 bits per heavy atom. The van der Waals surface area contributed by atoms with Crippen LogP contribution in [-0.2, 0) is 11.3 Å². The number of amidine groups is 1. The maximum atomic E-state index is 12.6. The number of furan rings is 1. The third kappa shape index (κ3) is 3.28. The van der Waals surface area contributed by atoms with Gasteiger partial charge in [0, 0.05) is 0 Å². The van der Waals surface area contributed by atoms with Gasteiger partial charge in [-0.1, -0.05) is 54.2 Å². The van der Waals surface area contributed by atoms with E-state index in [-0.39, 0.29) is 11.2 Å². The average Bonchev–Trinajstić information content (AvgIpc) is 3.26. The van der Waals surface area contributed by atoms with Crippen molar-refractivity contribution in [2.75, 3.05) is 0 Å². The molecule has 4 rings (SSSR count). The second-order valence-electron chi connectivity index (χ2n) is 5.97. The molecule has 1 aromatic heterocycles. The largest absolute Gasteiger partial charge is 0.463 e. The molecule has 1 aliphatic rings. The first kappa shape index (κ1) is 16.6. The Morgan fingerprint density at radius 2 is 2.00 bits per heavy atom. The van der Waals surface area contributed by atoms with Gasteiger partial charge in [-0.15, -0.1) is 5.10 Å². The second kappa shape index (κ2) is 7.17. The average molecular weight is 363 g/mol. The molecule has 3 aromatic rings. The minimum absolute atomic E-state index is 0.0508. The highest BCUT2D eigenvalue weighted by Crippen LogP contribution is 2.30. The normalized spacial score (nSPS) is 19.3. The van der Waals surface area contributed by atoms with Gasteiger partial charge in [0.15, 0.2) is 5.17 Å². The number of benzene rings is 2. The van der Waals surface area contributed by atoms with E-state index in [2.05, 4.69) is 28.4 Å². The fourth-order valence-corrected chi connectivity index (χ4v) is 3.83. The molecular weight excluding hydrogens is 346 g/mol. The van der Waals surface area contributed by atoms with Crippen LogP contribution in [0.5, 0.6) is 0 Å². The summed E-state index contributed by atoms with van der Waals surface area (Å²) in [4.78, 5) is 14.3. The molecule has 0 unspecified atom stereocenters. The lowest BCUT2D eigenvalue weighted by Gasteiger charge is -2.17. The Balaban J connectivity index is 1.63. The molecule has 130 valence electrons. The highest BCUT2D eigenvalue weighted by molar-refractivity contribution is 8.15. The van der Waals surface area contributed by atoms with Crippen LogP contribution in [0, 0.1) is 0 Å². The van der Waals surface area contributed by atoms with Gasteiger partial charge >= 0.3 is 0 Å². The number of fused-ring (bicyclic) bond motifs is 1. The van der Waals surface area contributed by atoms with E-state index in [4.69, 9.17) is 4.42 Å². The van der Waals surface area contributed by atoms with Crippen molar-refractivity contribution in [2.24, 2.45) is 10.2 Å². The molecule has 2 heterocycles. The molecular formula is C20H17N3O2S. The van der Waals surface area contributed by atoms with Gasteiger partial charge in [0.2, 0.25) is 5.91 Å². The van der Waals surface area contributed by atoms with Crippen LogP contribution < -0.4 is 0 Å². The number of carbonyl (C=O) groups is 1. The van der Waals surface area contributed by atoms with Crippen molar-refractivity contribution in [1.82, 2.24) is 4.90 Å². The number of carbonyl (C=O) groups excluding carboxylic acids is 1. The number of hydrogen-bond donors (Lipinski definition) is 0. The number of hydrogen-bond acceptors (Lipinski definition) is 5. The quantitative estimate of drug-likeness (QED) is 0.513. The fraction of sp³-hybridized carbons (Fsp3) is 0.150. The lowest BCUT2D eigenvalue weighted by molar-refractivity contribution is -0.126. The van der Waals surface area contributed by atoms with E-state index in [0.29, 0.717) is 17.5 Å². The predicted octanol–water partition coefficient (Wildman–Crippen LogP) is 4.29. The molecule has 0 radical (unpaired) electrons. The lowest BCUT2D eigenvalue weighted by atomic mass is 10.0. The molecule has 1 fully saturated rings. The molecule has 0 spiro atoms. The second-order valence-corrected chi connectivity index (χ2v) is 7.27. The number of rotatable bonds is 4. The van der Waals surface area contributed by atoms with E-state index in [1.165, 1.54) is 18.0 Å². The summed E-state index contributed by atoms with van der Waals surface area (Å²) >= 11 is 1.43. The third-order valence-electron chi connectivity index (χ3n) is 4.21. The minimum atomic E-state index is -0.164. The van der Waals surface area contributed by atoms with Gasteiger partial charge < -0.3 is 4.42 Å². The maximum Gasteiger partial charge on any atom is 0.242 e. The van der Waals surface area contributed by atoms with E-state index in [0.717, 1.165) is 16.3 Å². The topological polar surface area (TPSA) is 58.2 Å².